The van der Waals surface area contributed by atoms with Crippen molar-refractivity contribution in [2.45, 2.75) is 19.3 Å². The van der Waals surface area contributed by atoms with Crippen LogP contribution >= 0.6 is 11.3 Å². The molecule has 0 N–H and O–H groups in total. The third kappa shape index (κ3) is 3.32. The van der Waals surface area contributed by atoms with Crippen LogP contribution in [0.25, 0.3) is 0 Å². The van der Waals surface area contributed by atoms with Gasteiger partial charge >= 0.3 is 0 Å². The highest BCUT2D eigenvalue weighted by Crippen LogP contribution is 2.12. The lowest BCUT2D eigenvalue weighted by Crippen LogP contribution is -2.40. The number of aryl methyl sites for hydroxylation is 1. The summed E-state index contributed by atoms with van der Waals surface area (Å²) in [5.41, 5.74) is 0. The van der Waals surface area contributed by atoms with E-state index in [1.807, 2.05) is 4.90 Å². The minimum absolute atomic E-state index is 0.278. The van der Waals surface area contributed by atoms with E-state index in [2.05, 4.69) is 17.5 Å². The van der Waals surface area contributed by atoms with Crippen LogP contribution in [-0.2, 0) is 16.0 Å². The maximum atomic E-state index is 11.8. The molecule has 0 radical (unpaired) electrons. The number of nitrogens with zero attached hydrogens (tertiary/aromatic N) is 1. The number of rotatable bonds is 4. The summed E-state index contributed by atoms with van der Waals surface area (Å²) in [5, 5.41) is 2.08. The van der Waals surface area contributed by atoms with Gasteiger partial charge in [0.1, 0.15) is 0 Å². The Morgan fingerprint density at radius 1 is 1.44 bits per heavy atom. The minimum atomic E-state index is 0.278. The van der Waals surface area contributed by atoms with E-state index in [9.17, 15) is 4.79 Å². The van der Waals surface area contributed by atoms with Gasteiger partial charge in [0.15, 0.2) is 0 Å². The molecule has 1 saturated heterocycles. The molecule has 1 aromatic rings. The molecule has 0 saturated carbocycles. The number of amides is 1. The lowest BCUT2D eigenvalue weighted by atomic mass is 10.2. The summed E-state index contributed by atoms with van der Waals surface area (Å²) in [5.74, 6) is 0.278. The predicted molar refractivity (Wildman–Crippen MR) is 64.7 cm³/mol. The average molecular weight is 239 g/mol. The van der Waals surface area contributed by atoms with E-state index in [0.717, 1.165) is 25.9 Å². The molecule has 4 heteroatoms. The molecule has 0 spiro atoms. The molecule has 1 fully saturated rings. The summed E-state index contributed by atoms with van der Waals surface area (Å²) in [7, 11) is 0. The van der Waals surface area contributed by atoms with Crippen LogP contribution in [0.15, 0.2) is 17.5 Å². The fraction of sp³-hybridized carbons (Fsp3) is 0.583. The first-order chi connectivity index (χ1) is 7.86. The number of carbonyl (C=O) groups is 1. The third-order valence-corrected chi connectivity index (χ3v) is 3.69. The van der Waals surface area contributed by atoms with E-state index in [0.29, 0.717) is 19.6 Å². The highest BCUT2D eigenvalue weighted by Gasteiger charge is 2.15. The van der Waals surface area contributed by atoms with Crippen molar-refractivity contribution < 1.29 is 9.53 Å². The molecule has 16 heavy (non-hydrogen) atoms. The summed E-state index contributed by atoms with van der Waals surface area (Å²) in [6.07, 6.45) is 2.64. The lowest BCUT2D eigenvalue weighted by Gasteiger charge is -2.26. The minimum Gasteiger partial charge on any atom is -0.378 e. The molecule has 3 nitrogen and oxygen atoms in total. The Kier molecular flexibility index (Phi) is 4.36. The van der Waals surface area contributed by atoms with Gasteiger partial charge in [-0.25, -0.2) is 0 Å². The average Bonchev–Trinajstić information content (AvgIpc) is 2.83. The zero-order valence-electron chi connectivity index (χ0n) is 9.35. The molecule has 0 atom stereocenters. The third-order valence-electron chi connectivity index (χ3n) is 2.76. The van der Waals surface area contributed by atoms with Crippen molar-refractivity contribution in [3.05, 3.63) is 22.4 Å². The first-order valence-electron chi connectivity index (χ1n) is 5.74. The molecule has 1 aliphatic heterocycles. The SMILES string of the molecule is O=C(CCCc1cccs1)N1CCOCC1. The second-order valence-electron chi connectivity index (χ2n) is 3.93. The van der Waals surface area contributed by atoms with E-state index < -0.39 is 0 Å². The summed E-state index contributed by atoms with van der Waals surface area (Å²) in [4.78, 5) is 15.1. The number of ether oxygens (including phenoxy) is 1. The molecule has 2 heterocycles. The molecule has 1 aromatic heterocycles. The van der Waals surface area contributed by atoms with Crippen molar-refractivity contribution in [3.8, 4) is 0 Å². The van der Waals surface area contributed by atoms with Crippen molar-refractivity contribution in [2.24, 2.45) is 0 Å². The van der Waals surface area contributed by atoms with Gasteiger partial charge < -0.3 is 9.64 Å². The zero-order chi connectivity index (χ0) is 11.2. The first-order valence-corrected chi connectivity index (χ1v) is 6.62. The molecule has 2 rings (SSSR count). The molecule has 0 bridgehead atoms. The van der Waals surface area contributed by atoms with Crippen molar-refractivity contribution >= 4 is 17.2 Å². The Labute approximate surface area is 100 Å². The quantitative estimate of drug-likeness (QED) is 0.803. The fourth-order valence-electron chi connectivity index (χ4n) is 1.84. The van der Waals surface area contributed by atoms with Gasteiger partial charge in [-0.05, 0) is 24.3 Å². The van der Waals surface area contributed by atoms with Gasteiger partial charge in [-0.3, -0.25) is 4.79 Å². The lowest BCUT2D eigenvalue weighted by molar-refractivity contribution is -0.135. The Morgan fingerprint density at radius 3 is 2.94 bits per heavy atom. The number of thiophene rings is 1. The van der Waals surface area contributed by atoms with E-state index in [-0.39, 0.29) is 5.91 Å². The zero-order valence-corrected chi connectivity index (χ0v) is 10.2. The molecule has 88 valence electrons. The number of morpholine rings is 1. The Bertz CT molecular complexity index is 318. The van der Waals surface area contributed by atoms with Crippen LogP contribution in [0.2, 0.25) is 0 Å². The van der Waals surface area contributed by atoms with Crippen LogP contribution < -0.4 is 0 Å². The molecular weight excluding hydrogens is 222 g/mol. The summed E-state index contributed by atoms with van der Waals surface area (Å²) in [6.45, 7) is 2.91. The van der Waals surface area contributed by atoms with E-state index >= 15 is 0 Å². The number of hydrogen-bond donors (Lipinski definition) is 0. The van der Waals surface area contributed by atoms with E-state index in [1.165, 1.54) is 4.88 Å². The second-order valence-corrected chi connectivity index (χ2v) is 4.96. The number of hydrogen-bond acceptors (Lipinski definition) is 3. The highest BCUT2D eigenvalue weighted by atomic mass is 32.1. The maximum Gasteiger partial charge on any atom is 0.222 e. The standard InChI is InChI=1S/C12H17NO2S/c14-12(13-6-8-15-9-7-13)5-1-3-11-4-2-10-16-11/h2,4,10H,1,3,5-9H2. The molecule has 0 aromatic carbocycles. The molecule has 1 amide bonds. The first kappa shape index (κ1) is 11.6. The fourth-order valence-corrected chi connectivity index (χ4v) is 2.59. The van der Waals surface area contributed by atoms with Crippen LogP contribution in [0.5, 0.6) is 0 Å². The van der Waals surface area contributed by atoms with Gasteiger partial charge in [-0.15, -0.1) is 11.3 Å². The maximum absolute atomic E-state index is 11.8. The van der Waals surface area contributed by atoms with Gasteiger partial charge in [0, 0.05) is 24.4 Å². The van der Waals surface area contributed by atoms with E-state index in [4.69, 9.17) is 4.74 Å². The smallest absolute Gasteiger partial charge is 0.222 e. The van der Waals surface area contributed by atoms with Crippen molar-refractivity contribution in [3.63, 3.8) is 0 Å². The monoisotopic (exact) mass is 239 g/mol. The normalized spacial score (nSPS) is 16.4. The highest BCUT2D eigenvalue weighted by molar-refractivity contribution is 7.09. The van der Waals surface area contributed by atoms with Gasteiger partial charge in [-0.2, -0.15) is 0 Å². The van der Waals surface area contributed by atoms with Crippen LogP contribution in [0.3, 0.4) is 0 Å². The molecule has 0 aliphatic carbocycles. The van der Waals surface area contributed by atoms with Crippen LogP contribution in [0.1, 0.15) is 17.7 Å². The second kappa shape index (κ2) is 6.01. The number of carbonyl (C=O) groups excluding carboxylic acids is 1. The van der Waals surface area contributed by atoms with Gasteiger partial charge in [0.2, 0.25) is 5.91 Å². The van der Waals surface area contributed by atoms with E-state index in [1.54, 1.807) is 11.3 Å². The van der Waals surface area contributed by atoms with Gasteiger partial charge in [-0.1, -0.05) is 6.07 Å². The Hall–Kier alpha value is -0.870. The summed E-state index contributed by atoms with van der Waals surface area (Å²) in [6, 6.07) is 4.19. The van der Waals surface area contributed by atoms with Crippen LogP contribution in [-0.4, -0.2) is 37.1 Å². The topological polar surface area (TPSA) is 29.5 Å². The predicted octanol–water partition coefficient (Wildman–Crippen LogP) is 1.93. The summed E-state index contributed by atoms with van der Waals surface area (Å²) >= 11 is 1.77. The van der Waals surface area contributed by atoms with Gasteiger partial charge in [0.25, 0.3) is 0 Å². The van der Waals surface area contributed by atoms with Crippen molar-refractivity contribution in [1.82, 2.24) is 4.90 Å². The van der Waals surface area contributed by atoms with Crippen LogP contribution in [0.4, 0.5) is 0 Å². The Morgan fingerprint density at radius 2 is 2.25 bits per heavy atom. The Balaban J connectivity index is 1.67. The van der Waals surface area contributed by atoms with Crippen molar-refractivity contribution in [2.75, 3.05) is 26.3 Å². The largest absolute Gasteiger partial charge is 0.378 e. The summed E-state index contributed by atoms with van der Waals surface area (Å²) < 4.78 is 5.22. The van der Waals surface area contributed by atoms with Gasteiger partial charge in [0.05, 0.1) is 13.2 Å². The van der Waals surface area contributed by atoms with Crippen molar-refractivity contribution in [1.29, 1.82) is 0 Å². The molecular formula is C12H17NO2S. The molecule has 1 aliphatic rings. The molecule has 0 unspecified atom stereocenters. The van der Waals surface area contributed by atoms with Crippen LogP contribution in [0, 0.1) is 0 Å².